The molecule has 0 spiro atoms. The van der Waals surface area contributed by atoms with Gasteiger partial charge in [0.2, 0.25) is 0 Å². The van der Waals surface area contributed by atoms with E-state index in [1.807, 2.05) is 0 Å². The minimum atomic E-state index is -0.121. The molecule has 2 rings (SSSR count). The van der Waals surface area contributed by atoms with Gasteiger partial charge in [-0.25, -0.2) is 0 Å². The zero-order chi connectivity index (χ0) is 10.8. The summed E-state index contributed by atoms with van der Waals surface area (Å²) in [6.07, 6.45) is 5.80. The van der Waals surface area contributed by atoms with E-state index in [4.69, 9.17) is 4.74 Å². The van der Waals surface area contributed by atoms with Gasteiger partial charge in [-0.2, -0.15) is 0 Å². The summed E-state index contributed by atoms with van der Waals surface area (Å²) in [6, 6.07) is 0. The Morgan fingerprint density at radius 1 is 1.27 bits per heavy atom. The molecular weight excluding hydrogens is 192 g/mol. The summed E-state index contributed by atoms with van der Waals surface area (Å²) < 4.78 is 4.76. The van der Waals surface area contributed by atoms with Crippen LogP contribution < -0.4 is 0 Å². The van der Waals surface area contributed by atoms with Crippen molar-refractivity contribution in [3.8, 4) is 0 Å². The molecule has 2 aliphatic rings. The third kappa shape index (κ3) is 1.92. The molecule has 3 heteroatoms. The molecule has 0 radical (unpaired) electrons. The van der Waals surface area contributed by atoms with Crippen LogP contribution in [0.1, 0.15) is 38.5 Å². The second-order valence-corrected chi connectivity index (χ2v) is 4.69. The molecule has 15 heavy (non-hydrogen) atoms. The summed E-state index contributed by atoms with van der Waals surface area (Å²) in [6.45, 7) is 0. The molecule has 2 aliphatic carbocycles. The van der Waals surface area contributed by atoms with Crippen molar-refractivity contribution >= 4 is 11.8 Å². The average Bonchev–Trinajstić information content (AvgIpc) is 2.19. The van der Waals surface area contributed by atoms with E-state index in [1.165, 1.54) is 7.11 Å². The van der Waals surface area contributed by atoms with Crippen LogP contribution in [-0.4, -0.2) is 18.9 Å². The molecule has 3 unspecified atom stereocenters. The first kappa shape index (κ1) is 10.7. The Labute approximate surface area is 90.2 Å². The summed E-state index contributed by atoms with van der Waals surface area (Å²) in [5, 5.41) is 0. The number of hydrogen-bond donors (Lipinski definition) is 0. The maximum Gasteiger partial charge on any atom is 0.308 e. The van der Waals surface area contributed by atoms with Crippen molar-refractivity contribution in [2.45, 2.75) is 38.5 Å². The maximum atomic E-state index is 11.7. The van der Waals surface area contributed by atoms with Crippen LogP contribution in [0, 0.1) is 17.8 Å². The second kappa shape index (κ2) is 4.33. The van der Waals surface area contributed by atoms with Gasteiger partial charge < -0.3 is 4.74 Å². The molecule has 0 aromatic rings. The van der Waals surface area contributed by atoms with Gasteiger partial charge in [-0.3, -0.25) is 9.59 Å². The number of Topliss-reactive ketones (excluding diaryl/α,β-unsaturated/α-hetero) is 1. The molecular formula is C12H18O3. The van der Waals surface area contributed by atoms with E-state index in [0.717, 1.165) is 38.5 Å². The molecule has 3 nitrogen and oxygen atoms in total. The molecule has 0 amide bonds. The Morgan fingerprint density at radius 3 is 2.60 bits per heavy atom. The predicted octanol–water partition coefficient (Wildman–Crippen LogP) is 1.94. The third-order valence-corrected chi connectivity index (χ3v) is 3.95. The number of ether oxygens (including phenoxy) is 1. The topological polar surface area (TPSA) is 43.4 Å². The second-order valence-electron chi connectivity index (χ2n) is 4.69. The van der Waals surface area contributed by atoms with Gasteiger partial charge in [0.15, 0.2) is 0 Å². The lowest BCUT2D eigenvalue weighted by Gasteiger charge is -2.40. The minimum Gasteiger partial charge on any atom is -0.469 e. The molecule has 0 aromatic heterocycles. The van der Waals surface area contributed by atoms with Crippen LogP contribution in [0.3, 0.4) is 0 Å². The number of carbonyl (C=O) groups excluding carboxylic acids is 2. The summed E-state index contributed by atoms with van der Waals surface area (Å²) in [5.41, 5.74) is 0. The van der Waals surface area contributed by atoms with E-state index in [9.17, 15) is 9.59 Å². The van der Waals surface area contributed by atoms with E-state index in [0.29, 0.717) is 5.78 Å². The lowest BCUT2D eigenvalue weighted by Crippen LogP contribution is -2.42. The molecule has 0 saturated heterocycles. The smallest absolute Gasteiger partial charge is 0.308 e. The van der Waals surface area contributed by atoms with Gasteiger partial charge in [0.25, 0.3) is 0 Å². The molecule has 0 bridgehead atoms. The number of esters is 1. The van der Waals surface area contributed by atoms with Crippen molar-refractivity contribution in [3.05, 3.63) is 0 Å². The van der Waals surface area contributed by atoms with Crippen LogP contribution in [0.15, 0.2) is 0 Å². The Kier molecular flexibility index (Phi) is 3.08. The van der Waals surface area contributed by atoms with Crippen molar-refractivity contribution < 1.29 is 14.3 Å². The lowest BCUT2D eigenvalue weighted by molar-refractivity contribution is -0.154. The number of methoxy groups -OCH3 is 1. The number of rotatable bonds is 2. The highest BCUT2D eigenvalue weighted by molar-refractivity contribution is 5.83. The molecule has 0 heterocycles. The summed E-state index contributed by atoms with van der Waals surface area (Å²) in [4.78, 5) is 23.2. The van der Waals surface area contributed by atoms with E-state index in [-0.39, 0.29) is 23.7 Å². The summed E-state index contributed by atoms with van der Waals surface area (Å²) >= 11 is 0. The first-order valence-corrected chi connectivity index (χ1v) is 5.84. The fraction of sp³-hybridized carbons (Fsp3) is 0.833. The normalized spacial score (nSPS) is 35.8. The number of ketones is 1. The van der Waals surface area contributed by atoms with Gasteiger partial charge in [-0.1, -0.05) is 6.42 Å². The van der Waals surface area contributed by atoms with Gasteiger partial charge in [-0.05, 0) is 31.6 Å². The van der Waals surface area contributed by atoms with Crippen molar-refractivity contribution in [1.29, 1.82) is 0 Å². The molecule has 0 aliphatic heterocycles. The fourth-order valence-corrected chi connectivity index (χ4v) is 2.91. The first-order valence-electron chi connectivity index (χ1n) is 5.84. The van der Waals surface area contributed by atoms with Crippen LogP contribution in [0.2, 0.25) is 0 Å². The van der Waals surface area contributed by atoms with Crippen molar-refractivity contribution in [1.82, 2.24) is 0 Å². The van der Waals surface area contributed by atoms with Crippen molar-refractivity contribution in [2.24, 2.45) is 17.8 Å². The van der Waals surface area contributed by atoms with E-state index >= 15 is 0 Å². The Balaban J connectivity index is 1.98. The molecule has 84 valence electrons. The molecule has 3 atom stereocenters. The van der Waals surface area contributed by atoms with E-state index in [1.54, 1.807) is 0 Å². The van der Waals surface area contributed by atoms with E-state index in [2.05, 4.69) is 0 Å². The Bertz CT molecular complexity index is 272. The highest BCUT2D eigenvalue weighted by Gasteiger charge is 2.44. The Morgan fingerprint density at radius 2 is 2.07 bits per heavy atom. The maximum absolute atomic E-state index is 11.7. The Hall–Kier alpha value is -0.860. The van der Waals surface area contributed by atoms with E-state index < -0.39 is 0 Å². The van der Waals surface area contributed by atoms with Crippen LogP contribution in [0.4, 0.5) is 0 Å². The lowest BCUT2D eigenvalue weighted by atomic mass is 9.63. The van der Waals surface area contributed by atoms with Crippen LogP contribution >= 0.6 is 0 Å². The first-order chi connectivity index (χ1) is 7.24. The quantitative estimate of drug-likeness (QED) is 0.654. The summed E-state index contributed by atoms with van der Waals surface area (Å²) in [7, 11) is 1.43. The largest absolute Gasteiger partial charge is 0.469 e. The molecule has 2 fully saturated rings. The van der Waals surface area contributed by atoms with Crippen LogP contribution in [-0.2, 0) is 14.3 Å². The number of hydrogen-bond acceptors (Lipinski definition) is 3. The molecule has 0 aromatic carbocycles. The van der Waals surface area contributed by atoms with Crippen molar-refractivity contribution in [2.75, 3.05) is 7.11 Å². The predicted molar refractivity (Wildman–Crippen MR) is 55.2 cm³/mol. The third-order valence-electron chi connectivity index (χ3n) is 3.95. The van der Waals surface area contributed by atoms with Gasteiger partial charge in [0.05, 0.1) is 13.0 Å². The SMILES string of the molecule is COC(=O)C1CCC1C1CCCCC1=O. The fourth-order valence-electron chi connectivity index (χ4n) is 2.91. The molecule has 2 saturated carbocycles. The zero-order valence-corrected chi connectivity index (χ0v) is 9.20. The summed E-state index contributed by atoms with van der Waals surface area (Å²) in [5.74, 6) is 0.688. The zero-order valence-electron chi connectivity index (χ0n) is 9.20. The highest BCUT2D eigenvalue weighted by atomic mass is 16.5. The van der Waals surface area contributed by atoms with Gasteiger partial charge in [-0.15, -0.1) is 0 Å². The van der Waals surface area contributed by atoms with Gasteiger partial charge >= 0.3 is 5.97 Å². The number of carbonyl (C=O) groups is 2. The average molecular weight is 210 g/mol. The highest BCUT2D eigenvalue weighted by Crippen LogP contribution is 2.44. The van der Waals surface area contributed by atoms with Crippen molar-refractivity contribution in [3.63, 3.8) is 0 Å². The standard InChI is InChI=1S/C12H18O3/c1-15-12(14)10-7-6-8(10)9-4-2-3-5-11(9)13/h8-10H,2-7H2,1H3. The van der Waals surface area contributed by atoms with Gasteiger partial charge in [0, 0.05) is 12.3 Å². The monoisotopic (exact) mass is 210 g/mol. The van der Waals surface area contributed by atoms with Gasteiger partial charge in [0.1, 0.15) is 5.78 Å². The molecule has 0 N–H and O–H groups in total. The van der Waals surface area contributed by atoms with Crippen LogP contribution in [0.25, 0.3) is 0 Å². The van der Waals surface area contributed by atoms with Crippen LogP contribution in [0.5, 0.6) is 0 Å². The minimum absolute atomic E-state index is 0.00190.